The van der Waals surface area contributed by atoms with Gasteiger partial charge in [-0.1, -0.05) is 41.1 Å². The van der Waals surface area contributed by atoms with Gasteiger partial charge in [0.25, 0.3) is 0 Å². The van der Waals surface area contributed by atoms with Crippen molar-refractivity contribution in [3.05, 3.63) is 58.7 Å². The van der Waals surface area contributed by atoms with Gasteiger partial charge in [-0.3, -0.25) is 4.90 Å². The maximum absolute atomic E-state index is 10.5. The largest absolute Gasteiger partial charge is 0.504 e. The zero-order valence-corrected chi connectivity index (χ0v) is 15.1. The Balaban J connectivity index is 1.69. The minimum atomic E-state index is 0.101. The number of aromatic hydroxyl groups is 1. The SMILES string of the molecule is COc1ccc2c(c1O)CCN1C[C@H](c3cccc(C)c3)C(=NO)C[C@@H]21. The van der Waals surface area contributed by atoms with Crippen molar-refractivity contribution in [3.8, 4) is 11.5 Å². The molecule has 1 saturated heterocycles. The first kappa shape index (κ1) is 16.9. The molecule has 136 valence electrons. The molecule has 2 atom stereocenters. The second-order valence-corrected chi connectivity index (χ2v) is 7.21. The van der Waals surface area contributed by atoms with Crippen LogP contribution in [0.4, 0.5) is 0 Å². The standard InChI is InChI=1S/C21H24N2O3/c1-13-4-3-5-14(10-13)17-12-23-9-8-16-15(19(23)11-18(17)22-25)6-7-20(26-2)21(16)24/h3-7,10,17,19,24-25H,8-9,11-12H2,1-2H3/t17-,19+/m1/s1. The number of oxime groups is 1. The Morgan fingerprint density at radius 3 is 2.81 bits per heavy atom. The summed E-state index contributed by atoms with van der Waals surface area (Å²) in [4.78, 5) is 2.44. The minimum Gasteiger partial charge on any atom is -0.504 e. The molecular weight excluding hydrogens is 328 g/mol. The summed E-state index contributed by atoms with van der Waals surface area (Å²) in [6.07, 6.45) is 1.45. The fraction of sp³-hybridized carbons (Fsp3) is 0.381. The molecule has 4 rings (SSSR count). The van der Waals surface area contributed by atoms with Crippen molar-refractivity contribution in [1.29, 1.82) is 0 Å². The molecule has 5 nitrogen and oxygen atoms in total. The van der Waals surface area contributed by atoms with Crippen LogP contribution in [0.3, 0.4) is 0 Å². The second kappa shape index (κ2) is 6.65. The van der Waals surface area contributed by atoms with E-state index in [9.17, 15) is 10.3 Å². The van der Waals surface area contributed by atoms with Crippen molar-refractivity contribution >= 4 is 5.71 Å². The number of hydrogen-bond acceptors (Lipinski definition) is 5. The Morgan fingerprint density at radius 1 is 1.23 bits per heavy atom. The van der Waals surface area contributed by atoms with Gasteiger partial charge in [0, 0.05) is 37.0 Å². The number of phenols is 1. The smallest absolute Gasteiger partial charge is 0.161 e. The fourth-order valence-corrected chi connectivity index (χ4v) is 4.41. The summed E-state index contributed by atoms with van der Waals surface area (Å²) in [5, 5.41) is 23.8. The van der Waals surface area contributed by atoms with Gasteiger partial charge in [-0.25, -0.2) is 0 Å². The maximum Gasteiger partial charge on any atom is 0.161 e. The van der Waals surface area contributed by atoms with Crippen LogP contribution >= 0.6 is 0 Å². The van der Waals surface area contributed by atoms with Crippen LogP contribution in [0.2, 0.25) is 0 Å². The van der Waals surface area contributed by atoms with E-state index in [1.54, 1.807) is 7.11 Å². The molecule has 1 fully saturated rings. The van der Waals surface area contributed by atoms with Gasteiger partial charge in [0.2, 0.25) is 0 Å². The molecule has 2 aromatic carbocycles. The quantitative estimate of drug-likeness (QED) is 0.640. The van der Waals surface area contributed by atoms with Crippen LogP contribution in [-0.2, 0) is 6.42 Å². The Labute approximate surface area is 153 Å². The molecule has 0 radical (unpaired) electrons. The molecule has 2 aliphatic rings. The highest BCUT2D eigenvalue weighted by molar-refractivity contribution is 5.92. The molecule has 5 heteroatoms. The first-order chi connectivity index (χ1) is 12.6. The second-order valence-electron chi connectivity index (χ2n) is 7.21. The fourth-order valence-electron chi connectivity index (χ4n) is 4.41. The van der Waals surface area contributed by atoms with Crippen LogP contribution in [-0.4, -0.2) is 41.1 Å². The Morgan fingerprint density at radius 2 is 2.08 bits per heavy atom. The molecular formula is C21H24N2O3. The Bertz CT molecular complexity index is 862. The zero-order valence-electron chi connectivity index (χ0n) is 15.1. The van der Waals surface area contributed by atoms with Gasteiger partial charge >= 0.3 is 0 Å². The molecule has 2 aromatic rings. The number of benzene rings is 2. The molecule has 0 bridgehead atoms. The van der Waals surface area contributed by atoms with Gasteiger partial charge in [0.15, 0.2) is 11.5 Å². The van der Waals surface area contributed by atoms with Crippen LogP contribution in [0.25, 0.3) is 0 Å². The lowest BCUT2D eigenvalue weighted by Gasteiger charge is -2.44. The van der Waals surface area contributed by atoms with Crippen LogP contribution in [0, 0.1) is 6.92 Å². The molecule has 0 unspecified atom stereocenters. The lowest BCUT2D eigenvalue weighted by Crippen LogP contribution is -2.45. The topological polar surface area (TPSA) is 65.3 Å². The van der Waals surface area contributed by atoms with Gasteiger partial charge < -0.3 is 15.1 Å². The first-order valence-electron chi connectivity index (χ1n) is 9.02. The molecule has 26 heavy (non-hydrogen) atoms. The Hall–Kier alpha value is -2.53. The summed E-state index contributed by atoms with van der Waals surface area (Å²) in [5.74, 6) is 0.860. The molecule has 2 aliphatic heterocycles. The number of piperidine rings is 1. The van der Waals surface area contributed by atoms with E-state index >= 15 is 0 Å². The van der Waals surface area contributed by atoms with Crippen LogP contribution in [0.5, 0.6) is 11.5 Å². The average molecular weight is 352 g/mol. The highest BCUT2D eigenvalue weighted by Gasteiger charge is 2.38. The molecule has 0 spiro atoms. The molecule has 0 aromatic heterocycles. The summed E-state index contributed by atoms with van der Waals surface area (Å²) in [7, 11) is 1.57. The Kier molecular flexibility index (Phi) is 4.32. The average Bonchev–Trinajstić information content (AvgIpc) is 2.67. The van der Waals surface area contributed by atoms with E-state index in [0.29, 0.717) is 12.2 Å². The van der Waals surface area contributed by atoms with E-state index in [4.69, 9.17) is 4.74 Å². The third-order valence-electron chi connectivity index (χ3n) is 5.75. The highest BCUT2D eigenvalue weighted by Crippen LogP contribution is 2.44. The normalized spacial score (nSPS) is 24.2. The van der Waals surface area contributed by atoms with E-state index < -0.39 is 0 Å². The van der Waals surface area contributed by atoms with E-state index in [1.807, 2.05) is 12.1 Å². The number of fused-ring (bicyclic) bond motifs is 3. The van der Waals surface area contributed by atoms with E-state index in [1.165, 1.54) is 11.1 Å². The van der Waals surface area contributed by atoms with Gasteiger partial charge in [0.05, 0.1) is 12.8 Å². The highest BCUT2D eigenvalue weighted by atomic mass is 16.5. The predicted molar refractivity (Wildman–Crippen MR) is 100 cm³/mol. The third-order valence-corrected chi connectivity index (χ3v) is 5.75. The summed E-state index contributed by atoms with van der Waals surface area (Å²) >= 11 is 0. The summed E-state index contributed by atoms with van der Waals surface area (Å²) < 4.78 is 5.25. The summed E-state index contributed by atoms with van der Waals surface area (Å²) in [6, 6.07) is 12.4. The molecule has 2 heterocycles. The van der Waals surface area contributed by atoms with Crippen LogP contribution in [0.1, 0.15) is 40.6 Å². The van der Waals surface area contributed by atoms with Crippen molar-refractivity contribution in [2.24, 2.45) is 5.16 Å². The van der Waals surface area contributed by atoms with Crippen molar-refractivity contribution < 1.29 is 15.1 Å². The number of aryl methyl sites for hydroxylation is 1. The van der Waals surface area contributed by atoms with Crippen LogP contribution in [0.15, 0.2) is 41.6 Å². The van der Waals surface area contributed by atoms with Gasteiger partial charge in [-0.05, 0) is 30.5 Å². The van der Waals surface area contributed by atoms with Gasteiger partial charge in [0.1, 0.15) is 0 Å². The van der Waals surface area contributed by atoms with E-state index in [0.717, 1.165) is 36.3 Å². The molecule has 0 saturated carbocycles. The monoisotopic (exact) mass is 352 g/mol. The first-order valence-corrected chi connectivity index (χ1v) is 9.02. The third kappa shape index (κ3) is 2.72. The number of phenolic OH excluding ortho intramolecular Hbond substituents is 1. The van der Waals surface area contributed by atoms with Crippen molar-refractivity contribution in [1.82, 2.24) is 4.90 Å². The van der Waals surface area contributed by atoms with Gasteiger partial charge in [-0.2, -0.15) is 0 Å². The van der Waals surface area contributed by atoms with E-state index in [-0.39, 0.29) is 17.7 Å². The summed E-state index contributed by atoms with van der Waals surface area (Å²) in [6.45, 7) is 3.78. The number of ether oxygens (including phenoxy) is 1. The molecule has 2 N–H and O–H groups in total. The number of nitrogens with zero attached hydrogens (tertiary/aromatic N) is 2. The minimum absolute atomic E-state index is 0.101. The van der Waals surface area contributed by atoms with E-state index in [2.05, 4.69) is 41.2 Å². The van der Waals surface area contributed by atoms with Crippen LogP contribution < -0.4 is 4.74 Å². The lowest BCUT2D eigenvalue weighted by molar-refractivity contribution is 0.165. The summed E-state index contributed by atoms with van der Waals surface area (Å²) in [5.41, 5.74) is 5.28. The van der Waals surface area contributed by atoms with Crippen molar-refractivity contribution in [3.63, 3.8) is 0 Å². The maximum atomic E-state index is 10.5. The van der Waals surface area contributed by atoms with Gasteiger partial charge in [-0.15, -0.1) is 0 Å². The lowest BCUT2D eigenvalue weighted by atomic mass is 9.79. The number of hydrogen-bond donors (Lipinski definition) is 2. The predicted octanol–water partition coefficient (Wildman–Crippen LogP) is 3.63. The van der Waals surface area contributed by atoms with Crippen molar-refractivity contribution in [2.45, 2.75) is 31.7 Å². The molecule has 0 aliphatic carbocycles. The zero-order chi connectivity index (χ0) is 18.3. The van der Waals surface area contributed by atoms with Crippen molar-refractivity contribution in [2.75, 3.05) is 20.2 Å². The molecule has 0 amide bonds. The number of methoxy groups -OCH3 is 1. The number of rotatable bonds is 2.